The number of fused-ring (bicyclic) bond motifs is 1. The van der Waals surface area contributed by atoms with Crippen LogP contribution in [-0.2, 0) is 6.54 Å². The van der Waals surface area contributed by atoms with Crippen LogP contribution in [0.1, 0.15) is 0 Å². The molecule has 0 fully saturated rings. The van der Waals surface area contributed by atoms with Gasteiger partial charge in [0.1, 0.15) is 11.3 Å². The number of carbonyl (C=O) groups is 1. The molecule has 7 heteroatoms. The molecule has 2 N–H and O–H groups in total. The van der Waals surface area contributed by atoms with Gasteiger partial charge in [0.2, 0.25) is 0 Å². The highest BCUT2D eigenvalue weighted by molar-refractivity contribution is 6.30. The smallest absolute Gasteiger partial charge is 0.319 e. The number of pyridine rings is 1. The Morgan fingerprint density at radius 1 is 1.00 bits per heavy atom. The van der Waals surface area contributed by atoms with Crippen molar-refractivity contribution >= 4 is 34.5 Å². The Kier molecular flexibility index (Phi) is 5.21. The summed E-state index contributed by atoms with van der Waals surface area (Å²) in [5.41, 5.74) is 3.31. The largest absolute Gasteiger partial charge is 0.336 e. The molecule has 28 heavy (non-hydrogen) atoms. The van der Waals surface area contributed by atoms with Gasteiger partial charge in [-0.3, -0.25) is 0 Å². The van der Waals surface area contributed by atoms with Crippen LogP contribution in [0, 0.1) is 0 Å². The number of hydrogen-bond acceptors (Lipinski definition) is 3. The number of benzene rings is 2. The summed E-state index contributed by atoms with van der Waals surface area (Å²) in [7, 11) is 0. The fraction of sp³-hybridized carbons (Fsp3) is 0.0952. The van der Waals surface area contributed by atoms with Crippen LogP contribution in [-0.4, -0.2) is 27.1 Å². The lowest BCUT2D eigenvalue weighted by molar-refractivity contribution is 0.251. The van der Waals surface area contributed by atoms with Crippen LogP contribution in [0.4, 0.5) is 10.5 Å². The third-order valence-corrected chi connectivity index (χ3v) is 4.51. The molecule has 0 aliphatic heterocycles. The molecule has 0 aliphatic rings. The van der Waals surface area contributed by atoms with Crippen molar-refractivity contribution in [1.29, 1.82) is 0 Å². The number of carbonyl (C=O) groups excluding carboxylic acids is 1. The van der Waals surface area contributed by atoms with Crippen molar-refractivity contribution in [1.82, 2.24) is 19.9 Å². The molecule has 0 spiro atoms. The summed E-state index contributed by atoms with van der Waals surface area (Å²) < 4.78 is 2.02. The van der Waals surface area contributed by atoms with Crippen LogP contribution in [0.25, 0.3) is 22.6 Å². The van der Waals surface area contributed by atoms with Crippen LogP contribution in [0.5, 0.6) is 0 Å². The van der Waals surface area contributed by atoms with Gasteiger partial charge in [0.15, 0.2) is 5.65 Å². The fourth-order valence-electron chi connectivity index (χ4n) is 2.97. The third kappa shape index (κ3) is 3.97. The summed E-state index contributed by atoms with van der Waals surface area (Å²) in [4.78, 5) is 21.3. The molecular formula is C21H18ClN5O. The fourth-order valence-corrected chi connectivity index (χ4v) is 3.09. The van der Waals surface area contributed by atoms with Crippen molar-refractivity contribution in [2.75, 3.05) is 11.9 Å². The molecular weight excluding hydrogens is 374 g/mol. The van der Waals surface area contributed by atoms with E-state index >= 15 is 0 Å². The Morgan fingerprint density at radius 2 is 1.79 bits per heavy atom. The first-order valence-electron chi connectivity index (χ1n) is 8.88. The molecule has 0 saturated heterocycles. The number of urea groups is 1. The molecule has 0 saturated carbocycles. The molecule has 0 radical (unpaired) electrons. The summed E-state index contributed by atoms with van der Waals surface area (Å²) >= 11 is 5.86. The Labute approximate surface area is 167 Å². The molecule has 2 heterocycles. The minimum atomic E-state index is -0.277. The van der Waals surface area contributed by atoms with Gasteiger partial charge in [-0.25, -0.2) is 14.8 Å². The van der Waals surface area contributed by atoms with Gasteiger partial charge in [0.25, 0.3) is 0 Å². The van der Waals surface area contributed by atoms with Crippen molar-refractivity contribution in [2.24, 2.45) is 0 Å². The lowest BCUT2D eigenvalue weighted by atomic mass is 10.2. The van der Waals surface area contributed by atoms with Crippen molar-refractivity contribution in [3.05, 3.63) is 77.9 Å². The minimum absolute atomic E-state index is 0.277. The summed E-state index contributed by atoms with van der Waals surface area (Å²) in [5.74, 6) is 0.828. The van der Waals surface area contributed by atoms with E-state index in [1.54, 1.807) is 30.5 Å². The van der Waals surface area contributed by atoms with Gasteiger partial charge in [0, 0.05) is 35.6 Å². The number of anilines is 1. The predicted octanol–water partition coefficient (Wildman–Crippen LogP) is 4.57. The maximum atomic E-state index is 12.1. The van der Waals surface area contributed by atoms with Crippen LogP contribution in [0.15, 0.2) is 72.9 Å². The highest BCUT2D eigenvalue weighted by Gasteiger charge is 2.13. The Morgan fingerprint density at radius 3 is 2.57 bits per heavy atom. The SMILES string of the molecule is O=C(NCCn1c(-c2ccccc2)nc2cccnc21)Nc1ccc(Cl)cc1. The van der Waals surface area contributed by atoms with Gasteiger partial charge >= 0.3 is 6.03 Å². The van der Waals surface area contributed by atoms with Crippen molar-refractivity contribution < 1.29 is 4.79 Å². The lowest BCUT2D eigenvalue weighted by Crippen LogP contribution is -2.31. The number of imidazole rings is 1. The number of aromatic nitrogens is 3. The molecule has 140 valence electrons. The second-order valence-electron chi connectivity index (χ2n) is 6.19. The van der Waals surface area contributed by atoms with E-state index in [1.807, 2.05) is 47.0 Å². The molecule has 2 aromatic carbocycles. The van der Waals surface area contributed by atoms with Gasteiger partial charge in [-0.2, -0.15) is 0 Å². The molecule has 0 aliphatic carbocycles. The van der Waals surface area contributed by atoms with E-state index in [4.69, 9.17) is 16.6 Å². The van der Waals surface area contributed by atoms with Crippen LogP contribution in [0.3, 0.4) is 0 Å². The molecule has 6 nitrogen and oxygen atoms in total. The van der Waals surface area contributed by atoms with Crippen LogP contribution < -0.4 is 10.6 Å². The van der Waals surface area contributed by atoms with Crippen molar-refractivity contribution in [3.63, 3.8) is 0 Å². The van der Waals surface area contributed by atoms with E-state index in [0.717, 1.165) is 22.6 Å². The summed E-state index contributed by atoms with van der Waals surface area (Å²) in [6, 6.07) is 20.4. The standard InChI is InChI=1S/C21H18ClN5O/c22-16-8-10-17(11-9-16)25-21(28)24-13-14-27-19(15-5-2-1-3-6-15)26-18-7-4-12-23-20(18)27/h1-12H,13-14H2,(H2,24,25,28). The number of amides is 2. The van der Waals surface area contributed by atoms with E-state index < -0.39 is 0 Å². The third-order valence-electron chi connectivity index (χ3n) is 4.26. The van der Waals surface area contributed by atoms with E-state index in [2.05, 4.69) is 15.6 Å². The average Bonchev–Trinajstić information content (AvgIpc) is 3.09. The van der Waals surface area contributed by atoms with E-state index in [0.29, 0.717) is 23.8 Å². The molecule has 2 aromatic heterocycles. The number of nitrogens with zero attached hydrogens (tertiary/aromatic N) is 3. The quantitative estimate of drug-likeness (QED) is 0.523. The second kappa shape index (κ2) is 8.10. The molecule has 4 rings (SSSR count). The van der Waals surface area contributed by atoms with Crippen molar-refractivity contribution in [3.8, 4) is 11.4 Å². The summed E-state index contributed by atoms with van der Waals surface area (Å²) in [6.07, 6.45) is 1.75. The first kappa shape index (κ1) is 18.0. The molecule has 0 unspecified atom stereocenters. The number of hydrogen-bond donors (Lipinski definition) is 2. The first-order valence-corrected chi connectivity index (χ1v) is 9.25. The molecule has 0 atom stereocenters. The molecule has 2 amide bonds. The van der Waals surface area contributed by atoms with Gasteiger partial charge in [-0.05, 0) is 36.4 Å². The Hall–Kier alpha value is -3.38. The molecule has 4 aromatic rings. The molecule has 0 bridgehead atoms. The number of nitrogens with one attached hydrogen (secondary N) is 2. The first-order chi connectivity index (χ1) is 13.7. The van der Waals surface area contributed by atoms with E-state index in [-0.39, 0.29) is 6.03 Å². The zero-order chi connectivity index (χ0) is 19.3. The minimum Gasteiger partial charge on any atom is -0.336 e. The second-order valence-corrected chi connectivity index (χ2v) is 6.62. The average molecular weight is 392 g/mol. The summed E-state index contributed by atoms with van der Waals surface area (Å²) in [5, 5.41) is 6.28. The Balaban J connectivity index is 1.48. The maximum absolute atomic E-state index is 12.1. The van der Waals surface area contributed by atoms with Crippen molar-refractivity contribution in [2.45, 2.75) is 6.54 Å². The number of halogens is 1. The highest BCUT2D eigenvalue weighted by atomic mass is 35.5. The lowest BCUT2D eigenvalue weighted by Gasteiger charge is -2.11. The van der Waals surface area contributed by atoms with Gasteiger partial charge < -0.3 is 15.2 Å². The number of rotatable bonds is 5. The normalized spacial score (nSPS) is 10.8. The highest BCUT2D eigenvalue weighted by Crippen LogP contribution is 2.23. The summed E-state index contributed by atoms with van der Waals surface area (Å²) in [6.45, 7) is 0.979. The zero-order valence-corrected chi connectivity index (χ0v) is 15.7. The maximum Gasteiger partial charge on any atom is 0.319 e. The van der Waals surface area contributed by atoms with Gasteiger partial charge in [-0.1, -0.05) is 41.9 Å². The van der Waals surface area contributed by atoms with Gasteiger partial charge in [0.05, 0.1) is 0 Å². The van der Waals surface area contributed by atoms with Gasteiger partial charge in [-0.15, -0.1) is 0 Å². The predicted molar refractivity (Wildman–Crippen MR) is 111 cm³/mol. The van der Waals surface area contributed by atoms with E-state index in [9.17, 15) is 4.79 Å². The topological polar surface area (TPSA) is 71.8 Å². The van der Waals surface area contributed by atoms with Crippen LogP contribution >= 0.6 is 11.6 Å². The Bertz CT molecular complexity index is 1090. The van der Waals surface area contributed by atoms with E-state index in [1.165, 1.54) is 0 Å². The van der Waals surface area contributed by atoms with Crippen LogP contribution in [0.2, 0.25) is 5.02 Å². The monoisotopic (exact) mass is 391 g/mol. The zero-order valence-electron chi connectivity index (χ0n) is 15.0.